The first kappa shape index (κ1) is 15.8. The van der Waals surface area contributed by atoms with E-state index in [0.29, 0.717) is 12.0 Å². The molecule has 0 aromatic carbocycles. The topological polar surface area (TPSA) is 39.6 Å². The molecule has 4 heteroatoms. The number of piperidine rings is 1. The maximum absolute atomic E-state index is 10.2. The van der Waals surface area contributed by atoms with Crippen molar-refractivity contribution in [2.24, 2.45) is 0 Å². The van der Waals surface area contributed by atoms with Crippen LogP contribution in [0.4, 0.5) is 5.82 Å². The minimum absolute atomic E-state index is 0.111. The van der Waals surface area contributed by atoms with Gasteiger partial charge in [-0.2, -0.15) is 0 Å². The second-order valence-electron chi connectivity index (χ2n) is 7.04. The highest BCUT2D eigenvalue weighted by molar-refractivity contribution is 5.37. The van der Waals surface area contributed by atoms with E-state index in [0.717, 1.165) is 38.2 Å². The number of aromatic nitrogens is 1. The molecule has 0 amide bonds. The number of hydrogen-bond acceptors (Lipinski definition) is 4. The van der Waals surface area contributed by atoms with Crippen molar-refractivity contribution >= 4 is 5.82 Å². The molecule has 0 bridgehead atoms. The minimum Gasteiger partial charge on any atom is -0.391 e. The number of aliphatic hydroxyl groups is 1. The molecule has 0 spiro atoms. The summed E-state index contributed by atoms with van der Waals surface area (Å²) in [7, 11) is 4.08. The molecule has 0 unspecified atom stereocenters. The van der Waals surface area contributed by atoms with Crippen LogP contribution in [0.15, 0.2) is 18.2 Å². The van der Waals surface area contributed by atoms with Crippen molar-refractivity contribution < 1.29 is 5.11 Å². The van der Waals surface area contributed by atoms with Crippen LogP contribution in [0.3, 0.4) is 0 Å². The number of likely N-dealkylation sites (tertiary alicyclic amines) is 1. The SMILES string of the molecule is CN(C)c1cccc(C2CCN([C@@H]3CCCC[C@@H]3O)CC2)n1. The van der Waals surface area contributed by atoms with Crippen LogP contribution in [0.2, 0.25) is 0 Å². The molecule has 0 radical (unpaired) electrons. The molecule has 1 aliphatic heterocycles. The molecule has 3 rings (SSSR count). The highest BCUT2D eigenvalue weighted by atomic mass is 16.3. The van der Waals surface area contributed by atoms with Crippen molar-refractivity contribution in [1.29, 1.82) is 0 Å². The van der Waals surface area contributed by atoms with Gasteiger partial charge in [0.25, 0.3) is 0 Å². The van der Waals surface area contributed by atoms with E-state index in [1.807, 2.05) is 14.1 Å². The standard InChI is InChI=1S/C18H29N3O/c1-20(2)18-9-5-6-15(19-18)14-10-12-21(13-11-14)16-7-3-4-8-17(16)22/h5-6,9,14,16-17,22H,3-4,7-8,10-13H2,1-2H3/t16-,17+/m1/s1. The molecule has 1 N–H and O–H groups in total. The fourth-order valence-electron chi connectivity index (χ4n) is 3.96. The highest BCUT2D eigenvalue weighted by Gasteiger charge is 2.32. The van der Waals surface area contributed by atoms with Crippen LogP contribution in [0.25, 0.3) is 0 Å². The molecule has 4 nitrogen and oxygen atoms in total. The average Bonchev–Trinajstić information content (AvgIpc) is 2.56. The number of anilines is 1. The van der Waals surface area contributed by atoms with Crippen molar-refractivity contribution in [3.8, 4) is 0 Å². The lowest BCUT2D eigenvalue weighted by molar-refractivity contribution is 0.00854. The van der Waals surface area contributed by atoms with Gasteiger partial charge in [-0.1, -0.05) is 18.9 Å². The van der Waals surface area contributed by atoms with Crippen LogP contribution in [0.1, 0.15) is 50.1 Å². The van der Waals surface area contributed by atoms with Crippen LogP contribution in [0, 0.1) is 0 Å². The van der Waals surface area contributed by atoms with Gasteiger partial charge in [-0.05, 0) is 50.9 Å². The Morgan fingerprint density at radius 1 is 1.09 bits per heavy atom. The van der Waals surface area contributed by atoms with Gasteiger partial charge < -0.3 is 10.0 Å². The Morgan fingerprint density at radius 2 is 1.82 bits per heavy atom. The van der Waals surface area contributed by atoms with Gasteiger partial charge in [0.05, 0.1) is 6.10 Å². The van der Waals surface area contributed by atoms with Gasteiger partial charge in [-0.15, -0.1) is 0 Å². The highest BCUT2D eigenvalue weighted by Crippen LogP contribution is 2.31. The summed E-state index contributed by atoms with van der Waals surface area (Å²) in [6.45, 7) is 2.19. The lowest BCUT2D eigenvalue weighted by Gasteiger charge is -2.41. The van der Waals surface area contributed by atoms with Crippen LogP contribution >= 0.6 is 0 Å². The van der Waals surface area contributed by atoms with E-state index >= 15 is 0 Å². The molecule has 1 saturated heterocycles. The monoisotopic (exact) mass is 303 g/mol. The molecule has 122 valence electrons. The smallest absolute Gasteiger partial charge is 0.128 e. The normalized spacial score (nSPS) is 27.8. The van der Waals surface area contributed by atoms with Crippen LogP contribution in [0.5, 0.6) is 0 Å². The van der Waals surface area contributed by atoms with Crippen molar-refractivity contribution in [2.45, 2.75) is 56.6 Å². The number of nitrogens with zero attached hydrogens (tertiary/aromatic N) is 3. The van der Waals surface area contributed by atoms with Crippen molar-refractivity contribution in [3.63, 3.8) is 0 Å². The molecule has 2 fully saturated rings. The Morgan fingerprint density at radius 3 is 2.50 bits per heavy atom. The summed E-state index contributed by atoms with van der Waals surface area (Å²) >= 11 is 0. The molecule has 2 aliphatic rings. The maximum Gasteiger partial charge on any atom is 0.128 e. The van der Waals surface area contributed by atoms with E-state index in [2.05, 4.69) is 28.0 Å². The van der Waals surface area contributed by atoms with E-state index in [9.17, 15) is 5.11 Å². The Hall–Kier alpha value is -1.13. The molecular formula is C18H29N3O. The summed E-state index contributed by atoms with van der Waals surface area (Å²) in [5.74, 6) is 1.61. The zero-order valence-electron chi connectivity index (χ0n) is 13.9. The number of pyridine rings is 1. The molecular weight excluding hydrogens is 274 g/mol. The fourth-order valence-corrected chi connectivity index (χ4v) is 3.96. The molecule has 1 aromatic rings. The first-order valence-corrected chi connectivity index (χ1v) is 8.71. The Labute approximate surface area is 134 Å². The van der Waals surface area contributed by atoms with Crippen molar-refractivity contribution in [1.82, 2.24) is 9.88 Å². The van der Waals surface area contributed by atoms with E-state index in [1.54, 1.807) is 0 Å². The second kappa shape index (κ2) is 6.97. The van der Waals surface area contributed by atoms with Gasteiger partial charge in [-0.3, -0.25) is 4.90 Å². The van der Waals surface area contributed by atoms with Gasteiger partial charge in [0.2, 0.25) is 0 Å². The minimum atomic E-state index is -0.111. The first-order chi connectivity index (χ1) is 10.6. The van der Waals surface area contributed by atoms with Crippen LogP contribution in [-0.2, 0) is 0 Å². The lowest BCUT2D eigenvalue weighted by atomic mass is 9.87. The fraction of sp³-hybridized carbons (Fsp3) is 0.722. The zero-order chi connectivity index (χ0) is 15.5. The third-order valence-electron chi connectivity index (χ3n) is 5.32. The number of aliphatic hydroxyl groups excluding tert-OH is 1. The van der Waals surface area contributed by atoms with Gasteiger partial charge in [0.1, 0.15) is 5.82 Å². The van der Waals surface area contributed by atoms with Gasteiger partial charge in [0, 0.05) is 31.7 Å². The van der Waals surface area contributed by atoms with E-state index in [1.165, 1.54) is 25.0 Å². The predicted octanol–water partition coefficient (Wildman–Crippen LogP) is 2.63. The van der Waals surface area contributed by atoms with E-state index in [-0.39, 0.29) is 6.10 Å². The quantitative estimate of drug-likeness (QED) is 0.932. The average molecular weight is 303 g/mol. The molecule has 2 heterocycles. The maximum atomic E-state index is 10.2. The van der Waals surface area contributed by atoms with Crippen molar-refractivity contribution in [3.05, 3.63) is 23.9 Å². The summed E-state index contributed by atoms with van der Waals surface area (Å²) in [4.78, 5) is 9.40. The van der Waals surface area contributed by atoms with Crippen LogP contribution in [-0.4, -0.2) is 54.3 Å². The Kier molecular flexibility index (Phi) is 4.99. The van der Waals surface area contributed by atoms with Crippen LogP contribution < -0.4 is 4.90 Å². The van der Waals surface area contributed by atoms with Gasteiger partial charge >= 0.3 is 0 Å². The summed E-state index contributed by atoms with van der Waals surface area (Å²) in [6, 6.07) is 6.75. The van der Waals surface area contributed by atoms with Crippen molar-refractivity contribution in [2.75, 3.05) is 32.1 Å². The summed E-state index contributed by atoms with van der Waals surface area (Å²) in [5.41, 5.74) is 1.23. The molecule has 1 saturated carbocycles. The third kappa shape index (κ3) is 3.44. The second-order valence-corrected chi connectivity index (χ2v) is 7.04. The zero-order valence-corrected chi connectivity index (χ0v) is 13.9. The number of hydrogen-bond donors (Lipinski definition) is 1. The van der Waals surface area contributed by atoms with Gasteiger partial charge in [0.15, 0.2) is 0 Å². The Balaban J connectivity index is 1.60. The van der Waals surface area contributed by atoms with E-state index in [4.69, 9.17) is 4.98 Å². The summed E-state index contributed by atoms with van der Waals surface area (Å²) in [6.07, 6.45) is 6.82. The molecule has 22 heavy (non-hydrogen) atoms. The van der Waals surface area contributed by atoms with Gasteiger partial charge in [-0.25, -0.2) is 4.98 Å². The number of rotatable bonds is 3. The summed E-state index contributed by atoms with van der Waals surface area (Å²) < 4.78 is 0. The first-order valence-electron chi connectivity index (χ1n) is 8.71. The van der Waals surface area contributed by atoms with E-state index < -0.39 is 0 Å². The Bertz CT molecular complexity index is 483. The molecule has 1 aliphatic carbocycles. The lowest BCUT2D eigenvalue weighted by Crippen LogP contribution is -2.48. The molecule has 1 aromatic heterocycles. The largest absolute Gasteiger partial charge is 0.391 e. The molecule has 2 atom stereocenters. The summed E-state index contributed by atoms with van der Waals surface area (Å²) in [5, 5.41) is 10.2. The third-order valence-corrected chi connectivity index (χ3v) is 5.32. The predicted molar refractivity (Wildman–Crippen MR) is 90.4 cm³/mol.